The summed E-state index contributed by atoms with van der Waals surface area (Å²) in [5.74, 6) is 1.33. The van der Waals surface area contributed by atoms with E-state index >= 15 is 0 Å². The summed E-state index contributed by atoms with van der Waals surface area (Å²) in [5, 5.41) is 7.08. The van der Waals surface area contributed by atoms with E-state index in [-0.39, 0.29) is 0 Å². The van der Waals surface area contributed by atoms with Gasteiger partial charge < -0.3 is 10.6 Å². The third-order valence-electron chi connectivity index (χ3n) is 3.01. The van der Waals surface area contributed by atoms with Crippen LogP contribution in [0.5, 0.6) is 0 Å². The lowest BCUT2D eigenvalue weighted by Crippen LogP contribution is -2.43. The topological polar surface area (TPSA) is 24.1 Å². The van der Waals surface area contributed by atoms with Crippen LogP contribution in [0.3, 0.4) is 0 Å². The molecular formula is C12H26N2S. The number of unbranched alkanes of at least 4 members (excludes halogenated alkanes) is 3. The van der Waals surface area contributed by atoms with Crippen LogP contribution in [-0.2, 0) is 0 Å². The normalized spacial score (nSPS) is 21.8. The summed E-state index contributed by atoms with van der Waals surface area (Å²) in [6, 6.07) is 0.741. The third kappa shape index (κ3) is 7.20. The van der Waals surface area contributed by atoms with Crippen molar-refractivity contribution in [1.29, 1.82) is 0 Å². The maximum Gasteiger partial charge on any atom is 0.0192 e. The standard InChI is InChI=1S/C12H26N2S/c1-15-10-5-3-2-4-9-14-12-7-6-8-13-11-12/h12-14H,2-11H2,1H3. The molecule has 0 aliphatic carbocycles. The molecule has 0 aromatic rings. The fraction of sp³-hybridized carbons (Fsp3) is 1.00. The number of nitrogens with one attached hydrogen (secondary N) is 2. The van der Waals surface area contributed by atoms with Crippen LogP contribution in [0.2, 0.25) is 0 Å². The molecule has 0 bridgehead atoms. The molecule has 2 nitrogen and oxygen atoms in total. The first kappa shape index (κ1) is 13.3. The molecule has 0 amide bonds. The SMILES string of the molecule is CSCCCCCCNC1CCCNC1. The second kappa shape index (κ2) is 9.49. The fourth-order valence-electron chi connectivity index (χ4n) is 2.06. The van der Waals surface area contributed by atoms with Gasteiger partial charge in [-0.1, -0.05) is 12.8 Å². The van der Waals surface area contributed by atoms with E-state index in [4.69, 9.17) is 0 Å². The molecule has 15 heavy (non-hydrogen) atoms. The number of thioether (sulfide) groups is 1. The summed E-state index contributed by atoms with van der Waals surface area (Å²) in [5.41, 5.74) is 0. The minimum atomic E-state index is 0.741. The van der Waals surface area contributed by atoms with Crippen molar-refractivity contribution in [1.82, 2.24) is 10.6 Å². The largest absolute Gasteiger partial charge is 0.315 e. The molecule has 1 heterocycles. The molecule has 1 aliphatic rings. The quantitative estimate of drug-likeness (QED) is 0.626. The zero-order valence-corrected chi connectivity index (χ0v) is 10.9. The zero-order chi connectivity index (χ0) is 10.8. The molecule has 3 heteroatoms. The van der Waals surface area contributed by atoms with Crippen molar-refractivity contribution in [3.05, 3.63) is 0 Å². The molecule has 0 aromatic heterocycles. The molecule has 1 atom stereocenters. The number of hydrogen-bond acceptors (Lipinski definition) is 3. The molecule has 1 saturated heterocycles. The van der Waals surface area contributed by atoms with Crippen LogP contribution >= 0.6 is 11.8 Å². The Bertz CT molecular complexity index is 136. The minimum absolute atomic E-state index is 0.741. The second-order valence-electron chi connectivity index (χ2n) is 4.40. The van der Waals surface area contributed by atoms with Crippen LogP contribution in [0, 0.1) is 0 Å². The Balaban J connectivity index is 1.79. The number of hydrogen-bond donors (Lipinski definition) is 2. The monoisotopic (exact) mass is 230 g/mol. The first-order chi connectivity index (χ1) is 7.43. The van der Waals surface area contributed by atoms with Gasteiger partial charge in [0.15, 0.2) is 0 Å². The van der Waals surface area contributed by atoms with Crippen molar-refractivity contribution < 1.29 is 0 Å². The average molecular weight is 230 g/mol. The molecule has 0 aromatic carbocycles. The maximum absolute atomic E-state index is 3.64. The van der Waals surface area contributed by atoms with Crippen LogP contribution in [0.1, 0.15) is 38.5 Å². The summed E-state index contributed by atoms with van der Waals surface area (Å²) in [6.07, 6.45) is 10.4. The third-order valence-corrected chi connectivity index (χ3v) is 3.70. The minimum Gasteiger partial charge on any atom is -0.315 e. The van der Waals surface area contributed by atoms with Crippen LogP contribution in [0.15, 0.2) is 0 Å². The van der Waals surface area contributed by atoms with Crippen molar-refractivity contribution in [2.45, 2.75) is 44.6 Å². The Labute approximate surface area is 99.0 Å². The number of piperidine rings is 1. The van der Waals surface area contributed by atoms with Crippen LogP contribution < -0.4 is 10.6 Å². The molecule has 1 rings (SSSR count). The van der Waals surface area contributed by atoms with Crippen LogP contribution in [0.25, 0.3) is 0 Å². The lowest BCUT2D eigenvalue weighted by atomic mass is 10.1. The van der Waals surface area contributed by atoms with E-state index in [1.165, 1.54) is 63.9 Å². The van der Waals surface area contributed by atoms with Gasteiger partial charge >= 0.3 is 0 Å². The first-order valence-electron chi connectivity index (χ1n) is 6.36. The smallest absolute Gasteiger partial charge is 0.0192 e. The van der Waals surface area contributed by atoms with Crippen molar-refractivity contribution >= 4 is 11.8 Å². The fourth-order valence-corrected chi connectivity index (χ4v) is 2.55. The van der Waals surface area contributed by atoms with Gasteiger partial charge in [0.2, 0.25) is 0 Å². The van der Waals surface area contributed by atoms with Gasteiger partial charge in [-0.2, -0.15) is 11.8 Å². The molecule has 1 aliphatic heterocycles. The predicted molar refractivity (Wildman–Crippen MR) is 70.7 cm³/mol. The van der Waals surface area contributed by atoms with Gasteiger partial charge in [0.25, 0.3) is 0 Å². The van der Waals surface area contributed by atoms with Gasteiger partial charge in [0, 0.05) is 12.6 Å². The van der Waals surface area contributed by atoms with Crippen molar-refractivity contribution in [3.63, 3.8) is 0 Å². The van der Waals surface area contributed by atoms with Crippen molar-refractivity contribution in [2.75, 3.05) is 31.6 Å². The van der Waals surface area contributed by atoms with Crippen LogP contribution in [-0.4, -0.2) is 37.7 Å². The van der Waals surface area contributed by atoms with E-state index in [0.29, 0.717) is 0 Å². The molecule has 0 radical (unpaired) electrons. The van der Waals surface area contributed by atoms with E-state index in [1.54, 1.807) is 0 Å². The lowest BCUT2D eigenvalue weighted by Gasteiger charge is -2.23. The molecule has 1 unspecified atom stereocenters. The molecule has 2 N–H and O–H groups in total. The van der Waals surface area contributed by atoms with Crippen molar-refractivity contribution in [3.8, 4) is 0 Å². The Kier molecular flexibility index (Phi) is 8.44. The van der Waals surface area contributed by atoms with E-state index in [0.717, 1.165) is 6.04 Å². The Morgan fingerprint density at radius 3 is 2.87 bits per heavy atom. The van der Waals surface area contributed by atoms with Crippen molar-refractivity contribution in [2.24, 2.45) is 0 Å². The molecule has 0 spiro atoms. The summed E-state index contributed by atoms with van der Waals surface area (Å²) >= 11 is 1.96. The van der Waals surface area contributed by atoms with Gasteiger partial charge in [-0.25, -0.2) is 0 Å². The zero-order valence-electron chi connectivity index (χ0n) is 10.1. The average Bonchev–Trinajstić information content (AvgIpc) is 2.29. The molecule has 90 valence electrons. The summed E-state index contributed by atoms with van der Waals surface area (Å²) in [7, 11) is 0. The summed E-state index contributed by atoms with van der Waals surface area (Å²) in [4.78, 5) is 0. The van der Waals surface area contributed by atoms with Gasteiger partial charge in [0.05, 0.1) is 0 Å². The van der Waals surface area contributed by atoms with Gasteiger partial charge in [-0.3, -0.25) is 0 Å². The van der Waals surface area contributed by atoms with Gasteiger partial charge in [-0.15, -0.1) is 0 Å². The Hall–Kier alpha value is 0.270. The summed E-state index contributed by atoms with van der Waals surface area (Å²) < 4.78 is 0. The predicted octanol–water partition coefficient (Wildman–Crippen LogP) is 2.25. The van der Waals surface area contributed by atoms with Gasteiger partial charge in [0.1, 0.15) is 0 Å². The highest BCUT2D eigenvalue weighted by Crippen LogP contribution is 2.05. The van der Waals surface area contributed by atoms with Crippen LogP contribution in [0.4, 0.5) is 0 Å². The lowest BCUT2D eigenvalue weighted by molar-refractivity contribution is 0.386. The van der Waals surface area contributed by atoms with E-state index in [2.05, 4.69) is 16.9 Å². The second-order valence-corrected chi connectivity index (χ2v) is 5.39. The molecule has 0 saturated carbocycles. The highest BCUT2D eigenvalue weighted by atomic mass is 32.2. The molecule has 1 fully saturated rings. The molecular weight excluding hydrogens is 204 g/mol. The Morgan fingerprint density at radius 1 is 1.27 bits per heavy atom. The Morgan fingerprint density at radius 2 is 2.13 bits per heavy atom. The van der Waals surface area contributed by atoms with E-state index in [1.807, 2.05) is 11.8 Å². The highest BCUT2D eigenvalue weighted by Gasteiger charge is 2.10. The number of rotatable bonds is 8. The first-order valence-corrected chi connectivity index (χ1v) is 7.76. The van der Waals surface area contributed by atoms with E-state index in [9.17, 15) is 0 Å². The summed E-state index contributed by atoms with van der Waals surface area (Å²) in [6.45, 7) is 3.60. The van der Waals surface area contributed by atoms with Gasteiger partial charge in [-0.05, 0) is 50.8 Å². The maximum atomic E-state index is 3.64. The van der Waals surface area contributed by atoms with E-state index < -0.39 is 0 Å². The highest BCUT2D eigenvalue weighted by molar-refractivity contribution is 7.98.